The standard InChI is InChI=1S/C44H29N3O2/c1-28-27-45-22-21-35(28)31-19-20-37-36-15-8-9-17-39(36)47(41(37)26-31)40-18-10-16-38-42(40)44(49)46(43(38)48)34-24-32(29-11-4-2-5-12-29)23-33(25-34)30-13-6-3-7-14-30/h2-27H,1H3. The lowest BCUT2D eigenvalue weighted by atomic mass is 9.97. The molecule has 0 fully saturated rings. The van der Waals surface area contributed by atoms with Crippen molar-refractivity contribution in [2.24, 2.45) is 0 Å². The molecule has 49 heavy (non-hydrogen) atoms. The number of aromatic nitrogens is 2. The minimum Gasteiger partial charge on any atom is -0.308 e. The van der Waals surface area contributed by atoms with E-state index >= 15 is 0 Å². The van der Waals surface area contributed by atoms with Crippen LogP contribution >= 0.6 is 0 Å². The normalized spacial score (nSPS) is 12.6. The largest absolute Gasteiger partial charge is 0.308 e. The van der Waals surface area contributed by atoms with Gasteiger partial charge in [0.25, 0.3) is 11.8 Å². The maximum Gasteiger partial charge on any atom is 0.268 e. The second kappa shape index (κ2) is 11.3. The van der Waals surface area contributed by atoms with E-state index < -0.39 is 0 Å². The van der Waals surface area contributed by atoms with Crippen LogP contribution < -0.4 is 4.90 Å². The number of amides is 2. The first-order valence-corrected chi connectivity index (χ1v) is 16.3. The molecule has 2 aromatic heterocycles. The zero-order valence-electron chi connectivity index (χ0n) is 26.7. The molecular formula is C44H29N3O2. The summed E-state index contributed by atoms with van der Waals surface area (Å²) in [5, 5.41) is 2.14. The molecule has 1 aliphatic heterocycles. The fraction of sp³-hybridized carbons (Fsp3) is 0.0227. The highest BCUT2D eigenvalue weighted by molar-refractivity contribution is 6.36. The van der Waals surface area contributed by atoms with E-state index in [4.69, 9.17) is 0 Å². The molecule has 0 unspecified atom stereocenters. The molecule has 5 nitrogen and oxygen atoms in total. The molecule has 0 spiro atoms. The maximum atomic E-state index is 14.7. The van der Waals surface area contributed by atoms with Crippen LogP contribution in [0.3, 0.4) is 0 Å². The molecule has 9 rings (SSSR count). The third-order valence-corrected chi connectivity index (χ3v) is 9.53. The van der Waals surface area contributed by atoms with Crippen molar-refractivity contribution in [3.63, 3.8) is 0 Å². The number of hydrogen-bond acceptors (Lipinski definition) is 3. The van der Waals surface area contributed by atoms with Gasteiger partial charge in [-0.1, -0.05) is 97.1 Å². The van der Waals surface area contributed by atoms with E-state index in [0.717, 1.165) is 60.8 Å². The summed E-state index contributed by atoms with van der Waals surface area (Å²) in [4.78, 5) is 34.7. The van der Waals surface area contributed by atoms with Crippen molar-refractivity contribution in [1.82, 2.24) is 9.55 Å². The summed E-state index contributed by atoms with van der Waals surface area (Å²) in [6.07, 6.45) is 3.68. The quantitative estimate of drug-likeness (QED) is 0.178. The highest BCUT2D eigenvalue weighted by atomic mass is 16.2. The van der Waals surface area contributed by atoms with Crippen LogP contribution in [0.5, 0.6) is 0 Å². The molecular weight excluding hydrogens is 603 g/mol. The molecule has 1 aliphatic rings. The molecule has 3 heterocycles. The molecule has 0 saturated heterocycles. The number of pyridine rings is 1. The lowest BCUT2D eigenvalue weighted by Gasteiger charge is -2.18. The average Bonchev–Trinajstić information content (AvgIpc) is 3.62. The van der Waals surface area contributed by atoms with Crippen LogP contribution in [0.25, 0.3) is 60.9 Å². The van der Waals surface area contributed by atoms with Gasteiger partial charge in [-0.25, -0.2) is 4.90 Å². The number of carbonyl (C=O) groups is 2. The molecule has 0 atom stereocenters. The van der Waals surface area contributed by atoms with Crippen molar-refractivity contribution in [3.8, 4) is 39.1 Å². The zero-order chi connectivity index (χ0) is 33.1. The first kappa shape index (κ1) is 28.6. The van der Waals surface area contributed by atoms with Crippen molar-refractivity contribution in [1.29, 1.82) is 0 Å². The van der Waals surface area contributed by atoms with Gasteiger partial charge in [0.15, 0.2) is 0 Å². The Hall–Kier alpha value is -6.59. The number of benzene rings is 6. The van der Waals surface area contributed by atoms with E-state index in [1.807, 2.05) is 109 Å². The Bertz CT molecular complexity index is 2550. The van der Waals surface area contributed by atoms with Crippen LogP contribution in [-0.4, -0.2) is 21.4 Å². The molecule has 8 aromatic rings. The summed E-state index contributed by atoms with van der Waals surface area (Å²) >= 11 is 0. The summed E-state index contributed by atoms with van der Waals surface area (Å²) in [5.41, 5.74) is 11.0. The summed E-state index contributed by atoms with van der Waals surface area (Å²) in [6, 6.07) is 48.3. The number of hydrogen-bond donors (Lipinski definition) is 0. The minimum absolute atomic E-state index is 0.333. The molecule has 0 aliphatic carbocycles. The van der Waals surface area contributed by atoms with Gasteiger partial charge >= 0.3 is 0 Å². The Kier molecular flexibility index (Phi) is 6.59. The van der Waals surface area contributed by atoms with Gasteiger partial charge in [-0.2, -0.15) is 0 Å². The molecule has 2 amide bonds. The lowest BCUT2D eigenvalue weighted by Crippen LogP contribution is -2.29. The predicted octanol–water partition coefficient (Wildman–Crippen LogP) is 10.3. The summed E-state index contributed by atoms with van der Waals surface area (Å²) in [7, 11) is 0. The fourth-order valence-electron chi connectivity index (χ4n) is 7.22. The molecule has 5 heteroatoms. The van der Waals surface area contributed by atoms with Gasteiger partial charge in [-0.05, 0) is 94.4 Å². The Morgan fingerprint density at radius 2 is 1.18 bits per heavy atom. The number of fused-ring (bicyclic) bond motifs is 4. The number of imide groups is 1. The third-order valence-electron chi connectivity index (χ3n) is 9.53. The van der Waals surface area contributed by atoms with E-state index in [0.29, 0.717) is 22.5 Å². The number of anilines is 1. The number of carbonyl (C=O) groups excluding carboxylic acids is 2. The van der Waals surface area contributed by atoms with Gasteiger partial charge in [0.2, 0.25) is 0 Å². The van der Waals surface area contributed by atoms with Gasteiger partial charge in [-0.3, -0.25) is 14.6 Å². The number of nitrogens with zero attached hydrogens (tertiary/aromatic N) is 3. The fourth-order valence-corrected chi connectivity index (χ4v) is 7.22. The molecule has 232 valence electrons. The van der Waals surface area contributed by atoms with E-state index in [2.05, 4.69) is 52.9 Å². The monoisotopic (exact) mass is 631 g/mol. The van der Waals surface area contributed by atoms with Crippen molar-refractivity contribution in [2.75, 3.05) is 4.90 Å². The van der Waals surface area contributed by atoms with Crippen LogP contribution in [-0.2, 0) is 0 Å². The highest BCUT2D eigenvalue weighted by Crippen LogP contribution is 2.41. The van der Waals surface area contributed by atoms with E-state index in [9.17, 15) is 9.59 Å². The second-order valence-electron chi connectivity index (χ2n) is 12.4. The van der Waals surface area contributed by atoms with E-state index in [1.54, 1.807) is 12.3 Å². The summed E-state index contributed by atoms with van der Waals surface area (Å²) in [5.74, 6) is -0.674. The molecule has 0 N–H and O–H groups in total. The number of para-hydroxylation sites is 1. The van der Waals surface area contributed by atoms with E-state index in [-0.39, 0.29) is 11.8 Å². The Morgan fingerprint density at radius 3 is 1.90 bits per heavy atom. The SMILES string of the molecule is Cc1cnccc1-c1ccc2c3ccccc3n(-c3cccc4c3C(=O)N(c3cc(-c5ccccc5)cc(-c5ccccc5)c3)C4=O)c2c1. The Morgan fingerprint density at radius 1 is 0.510 bits per heavy atom. The van der Waals surface area contributed by atoms with Crippen LogP contribution in [0.2, 0.25) is 0 Å². The molecule has 0 radical (unpaired) electrons. The van der Waals surface area contributed by atoms with Gasteiger partial charge in [-0.15, -0.1) is 0 Å². The second-order valence-corrected chi connectivity index (χ2v) is 12.4. The molecule has 6 aromatic carbocycles. The summed E-state index contributed by atoms with van der Waals surface area (Å²) < 4.78 is 2.13. The average molecular weight is 632 g/mol. The van der Waals surface area contributed by atoms with Gasteiger partial charge in [0, 0.05) is 23.2 Å². The smallest absolute Gasteiger partial charge is 0.268 e. The Balaban J connectivity index is 1.24. The summed E-state index contributed by atoms with van der Waals surface area (Å²) in [6.45, 7) is 2.06. The number of aryl methyl sites for hydroxylation is 1. The molecule has 0 saturated carbocycles. The highest BCUT2D eigenvalue weighted by Gasteiger charge is 2.39. The molecule has 0 bridgehead atoms. The van der Waals surface area contributed by atoms with Crippen molar-refractivity contribution in [3.05, 3.63) is 175 Å². The zero-order valence-corrected chi connectivity index (χ0v) is 26.7. The van der Waals surface area contributed by atoms with Gasteiger partial charge < -0.3 is 4.57 Å². The van der Waals surface area contributed by atoms with Crippen molar-refractivity contribution in [2.45, 2.75) is 6.92 Å². The Labute approximate surface area is 283 Å². The lowest BCUT2D eigenvalue weighted by molar-refractivity contribution is 0.0926. The van der Waals surface area contributed by atoms with Crippen LogP contribution in [0, 0.1) is 6.92 Å². The number of rotatable bonds is 5. The minimum atomic E-state index is -0.341. The topological polar surface area (TPSA) is 55.2 Å². The van der Waals surface area contributed by atoms with Crippen molar-refractivity contribution < 1.29 is 9.59 Å². The maximum absolute atomic E-state index is 14.7. The van der Waals surface area contributed by atoms with Crippen LogP contribution in [0.4, 0.5) is 5.69 Å². The third kappa shape index (κ3) is 4.59. The van der Waals surface area contributed by atoms with Crippen LogP contribution in [0.15, 0.2) is 158 Å². The van der Waals surface area contributed by atoms with Crippen LogP contribution in [0.1, 0.15) is 26.3 Å². The first-order valence-electron chi connectivity index (χ1n) is 16.3. The first-order chi connectivity index (χ1) is 24.1. The van der Waals surface area contributed by atoms with Gasteiger partial charge in [0.05, 0.1) is 33.5 Å². The van der Waals surface area contributed by atoms with Crippen molar-refractivity contribution >= 4 is 39.3 Å². The predicted molar refractivity (Wildman–Crippen MR) is 197 cm³/mol. The van der Waals surface area contributed by atoms with E-state index in [1.165, 1.54) is 4.90 Å². The van der Waals surface area contributed by atoms with Gasteiger partial charge in [0.1, 0.15) is 0 Å².